The molecule has 1 amide bonds. The van der Waals surface area contributed by atoms with Crippen molar-refractivity contribution in [1.82, 2.24) is 15.2 Å². The summed E-state index contributed by atoms with van der Waals surface area (Å²) in [6, 6.07) is 0.636. The van der Waals surface area contributed by atoms with Crippen LogP contribution in [0.5, 0.6) is 0 Å². The summed E-state index contributed by atoms with van der Waals surface area (Å²) in [7, 11) is 0. The van der Waals surface area contributed by atoms with Gasteiger partial charge in [-0.15, -0.1) is 11.3 Å². The Labute approximate surface area is 130 Å². The Morgan fingerprint density at radius 1 is 1.48 bits per heavy atom. The lowest BCUT2D eigenvalue weighted by molar-refractivity contribution is -0.114. The second kappa shape index (κ2) is 6.85. The van der Waals surface area contributed by atoms with Gasteiger partial charge in [0, 0.05) is 38.0 Å². The van der Waals surface area contributed by atoms with E-state index in [0.29, 0.717) is 11.2 Å². The molecule has 3 rings (SSSR count). The molecule has 2 aliphatic rings. The molecule has 0 spiro atoms. The van der Waals surface area contributed by atoms with Crippen molar-refractivity contribution in [3.05, 3.63) is 11.1 Å². The zero-order valence-corrected chi connectivity index (χ0v) is 13.4. The Kier molecular flexibility index (Phi) is 4.87. The first kappa shape index (κ1) is 14.9. The van der Waals surface area contributed by atoms with E-state index >= 15 is 0 Å². The molecule has 1 atom stereocenters. The number of aromatic nitrogens is 1. The molecular formula is C15H24N4OS. The maximum atomic E-state index is 11.1. The average Bonchev–Trinajstić information content (AvgIpc) is 2.90. The number of nitrogens with zero attached hydrogens (tertiary/aromatic N) is 2. The SMILES string of the molecule is CC(=O)Nc1nc(CN(CC2CC2)CC2CCCN2)cs1. The molecule has 1 aromatic rings. The lowest BCUT2D eigenvalue weighted by atomic mass is 10.2. The molecule has 2 N–H and O–H groups in total. The van der Waals surface area contributed by atoms with Crippen molar-refractivity contribution < 1.29 is 4.79 Å². The molecule has 1 aromatic heterocycles. The number of nitrogens with one attached hydrogen (secondary N) is 2. The summed E-state index contributed by atoms with van der Waals surface area (Å²) >= 11 is 1.51. The van der Waals surface area contributed by atoms with Gasteiger partial charge in [0.05, 0.1) is 5.69 Å². The Morgan fingerprint density at radius 3 is 3.00 bits per heavy atom. The summed E-state index contributed by atoms with van der Waals surface area (Å²) in [5, 5.41) is 9.12. The molecular weight excluding hydrogens is 284 g/mol. The molecule has 0 bridgehead atoms. The Hall–Kier alpha value is -0.980. The molecule has 1 aliphatic heterocycles. The maximum Gasteiger partial charge on any atom is 0.223 e. The minimum absolute atomic E-state index is 0.0547. The molecule has 1 saturated carbocycles. The molecule has 5 nitrogen and oxygen atoms in total. The van der Waals surface area contributed by atoms with E-state index in [1.165, 1.54) is 50.5 Å². The van der Waals surface area contributed by atoms with E-state index < -0.39 is 0 Å². The van der Waals surface area contributed by atoms with Gasteiger partial charge in [0.1, 0.15) is 0 Å². The van der Waals surface area contributed by atoms with E-state index in [2.05, 4.69) is 25.9 Å². The van der Waals surface area contributed by atoms with Gasteiger partial charge in [-0.25, -0.2) is 4.98 Å². The molecule has 6 heteroatoms. The van der Waals surface area contributed by atoms with E-state index in [9.17, 15) is 4.79 Å². The van der Waals surface area contributed by atoms with Crippen LogP contribution in [0, 0.1) is 5.92 Å². The van der Waals surface area contributed by atoms with Gasteiger partial charge in [0.25, 0.3) is 0 Å². The van der Waals surface area contributed by atoms with Gasteiger partial charge >= 0.3 is 0 Å². The standard InChI is InChI=1S/C15H24N4OS/c1-11(20)17-15-18-14(10-21-15)9-19(7-12-4-5-12)8-13-3-2-6-16-13/h10,12-13,16H,2-9H2,1H3,(H,17,18,20). The Bertz CT molecular complexity index is 480. The quantitative estimate of drug-likeness (QED) is 0.809. The van der Waals surface area contributed by atoms with Crippen LogP contribution >= 0.6 is 11.3 Å². The average molecular weight is 308 g/mol. The van der Waals surface area contributed by atoms with Crippen LogP contribution in [-0.2, 0) is 11.3 Å². The predicted molar refractivity (Wildman–Crippen MR) is 85.4 cm³/mol. The Morgan fingerprint density at radius 2 is 2.33 bits per heavy atom. The normalized spacial score (nSPS) is 21.9. The van der Waals surface area contributed by atoms with E-state index in [4.69, 9.17) is 0 Å². The first-order chi connectivity index (χ1) is 10.2. The molecule has 2 heterocycles. The van der Waals surface area contributed by atoms with E-state index in [1.807, 2.05) is 0 Å². The zero-order chi connectivity index (χ0) is 14.7. The third kappa shape index (κ3) is 4.76. The summed E-state index contributed by atoms with van der Waals surface area (Å²) in [5.41, 5.74) is 1.07. The summed E-state index contributed by atoms with van der Waals surface area (Å²) in [4.78, 5) is 18.1. The Balaban J connectivity index is 1.56. The van der Waals surface area contributed by atoms with E-state index in [1.54, 1.807) is 0 Å². The number of hydrogen-bond donors (Lipinski definition) is 2. The minimum atomic E-state index is -0.0547. The monoisotopic (exact) mass is 308 g/mol. The first-order valence-electron chi connectivity index (χ1n) is 7.87. The highest BCUT2D eigenvalue weighted by Gasteiger charge is 2.26. The fourth-order valence-electron chi connectivity index (χ4n) is 2.91. The van der Waals surface area contributed by atoms with Crippen LogP contribution in [0.3, 0.4) is 0 Å². The number of carbonyl (C=O) groups is 1. The summed E-state index contributed by atoms with van der Waals surface area (Å²) < 4.78 is 0. The lowest BCUT2D eigenvalue weighted by Crippen LogP contribution is -2.38. The van der Waals surface area contributed by atoms with Gasteiger partial charge in [-0.2, -0.15) is 0 Å². The summed E-state index contributed by atoms with van der Waals surface area (Å²) in [6.07, 6.45) is 5.34. The van der Waals surface area contributed by atoms with Crippen LogP contribution in [0.4, 0.5) is 5.13 Å². The molecule has 1 saturated heterocycles. The van der Waals surface area contributed by atoms with Crippen LogP contribution in [-0.4, -0.2) is 41.5 Å². The van der Waals surface area contributed by atoms with Gasteiger partial charge in [-0.3, -0.25) is 9.69 Å². The van der Waals surface area contributed by atoms with Crippen LogP contribution in [0.2, 0.25) is 0 Å². The topological polar surface area (TPSA) is 57.3 Å². The maximum absolute atomic E-state index is 11.1. The zero-order valence-electron chi connectivity index (χ0n) is 12.6. The number of anilines is 1. The second-order valence-electron chi connectivity index (χ2n) is 6.26. The van der Waals surface area contributed by atoms with E-state index in [0.717, 1.165) is 31.2 Å². The van der Waals surface area contributed by atoms with Crippen LogP contribution in [0.15, 0.2) is 5.38 Å². The number of rotatable bonds is 7. The summed E-state index contributed by atoms with van der Waals surface area (Å²) in [5.74, 6) is 0.834. The van der Waals surface area contributed by atoms with Crippen molar-refractivity contribution in [3.63, 3.8) is 0 Å². The van der Waals surface area contributed by atoms with Crippen molar-refractivity contribution >= 4 is 22.4 Å². The third-order valence-corrected chi connectivity index (χ3v) is 4.88. The highest BCUT2D eigenvalue weighted by molar-refractivity contribution is 7.13. The fraction of sp³-hybridized carbons (Fsp3) is 0.733. The number of hydrogen-bond acceptors (Lipinski definition) is 5. The molecule has 116 valence electrons. The van der Waals surface area contributed by atoms with Gasteiger partial charge < -0.3 is 10.6 Å². The smallest absolute Gasteiger partial charge is 0.223 e. The molecule has 0 radical (unpaired) electrons. The largest absolute Gasteiger partial charge is 0.313 e. The summed E-state index contributed by atoms with van der Waals surface area (Å²) in [6.45, 7) is 5.87. The van der Waals surface area contributed by atoms with Gasteiger partial charge in [-0.05, 0) is 38.1 Å². The highest BCUT2D eigenvalue weighted by Crippen LogP contribution is 2.30. The van der Waals surface area contributed by atoms with Gasteiger partial charge in [0.15, 0.2) is 5.13 Å². The van der Waals surface area contributed by atoms with Crippen LogP contribution < -0.4 is 10.6 Å². The van der Waals surface area contributed by atoms with Crippen molar-refractivity contribution in [1.29, 1.82) is 0 Å². The van der Waals surface area contributed by atoms with Crippen molar-refractivity contribution in [3.8, 4) is 0 Å². The minimum Gasteiger partial charge on any atom is -0.313 e. The lowest BCUT2D eigenvalue weighted by Gasteiger charge is -2.24. The second-order valence-corrected chi connectivity index (χ2v) is 7.11. The van der Waals surface area contributed by atoms with Crippen molar-refractivity contribution in [2.75, 3.05) is 25.0 Å². The number of amides is 1. The third-order valence-electron chi connectivity index (χ3n) is 4.07. The molecule has 1 aliphatic carbocycles. The molecule has 21 heavy (non-hydrogen) atoms. The number of thiazole rings is 1. The molecule has 1 unspecified atom stereocenters. The van der Waals surface area contributed by atoms with Crippen molar-refractivity contribution in [2.24, 2.45) is 5.92 Å². The highest BCUT2D eigenvalue weighted by atomic mass is 32.1. The van der Waals surface area contributed by atoms with Gasteiger partial charge in [0.2, 0.25) is 5.91 Å². The number of carbonyl (C=O) groups excluding carboxylic acids is 1. The predicted octanol–water partition coefficient (Wildman–Crippen LogP) is 2.07. The molecule has 2 fully saturated rings. The first-order valence-corrected chi connectivity index (χ1v) is 8.75. The van der Waals surface area contributed by atoms with Crippen LogP contribution in [0.1, 0.15) is 38.3 Å². The van der Waals surface area contributed by atoms with Crippen molar-refractivity contribution in [2.45, 2.75) is 45.2 Å². The molecule has 0 aromatic carbocycles. The van der Waals surface area contributed by atoms with Crippen LogP contribution in [0.25, 0.3) is 0 Å². The fourth-order valence-corrected chi connectivity index (χ4v) is 3.66. The van der Waals surface area contributed by atoms with Gasteiger partial charge in [-0.1, -0.05) is 0 Å². The van der Waals surface area contributed by atoms with E-state index in [-0.39, 0.29) is 5.91 Å².